The average Bonchev–Trinajstić information content (AvgIpc) is 2.58. The highest BCUT2D eigenvalue weighted by atomic mass is 32.1. The van der Waals surface area contributed by atoms with E-state index in [4.69, 9.17) is 4.74 Å². The lowest BCUT2D eigenvalue weighted by atomic mass is 10.3. The Hall–Kier alpha value is -1.57. The van der Waals surface area contributed by atoms with Gasteiger partial charge in [0.25, 0.3) is 0 Å². The maximum atomic E-state index is 12.0. The minimum Gasteiger partial charge on any atom is -0.462 e. The molecule has 0 aliphatic rings. The lowest BCUT2D eigenvalue weighted by molar-refractivity contribution is -0.167. The van der Waals surface area contributed by atoms with Crippen molar-refractivity contribution in [1.82, 2.24) is 0 Å². The maximum Gasteiger partial charge on any atom is 0.471 e. The summed E-state index contributed by atoms with van der Waals surface area (Å²) in [5.74, 6) is -2.69. The number of esters is 1. The second-order valence-corrected chi connectivity index (χ2v) is 4.35. The summed E-state index contributed by atoms with van der Waals surface area (Å²) in [5, 5.41) is 1.64. The van der Waals surface area contributed by atoms with E-state index in [0.29, 0.717) is 5.56 Å². The van der Waals surface area contributed by atoms with Gasteiger partial charge in [0.1, 0.15) is 4.88 Å². The van der Waals surface area contributed by atoms with Gasteiger partial charge in [0.2, 0.25) is 0 Å². The molecule has 1 aromatic heterocycles. The van der Waals surface area contributed by atoms with E-state index in [1.807, 2.05) is 0 Å². The highest BCUT2D eigenvalue weighted by Crippen LogP contribution is 2.28. The number of carbonyl (C=O) groups is 2. The number of carbonyl (C=O) groups excluding carboxylic acids is 2. The number of hydrogen-bond acceptors (Lipinski definition) is 4. The van der Waals surface area contributed by atoms with E-state index in [1.54, 1.807) is 19.2 Å². The standard InChI is InChI=1S/C10H10F3NO3S/c1-3-17-8(15)7-5(2)4-6(18-7)14-9(16)10(11,12)13/h4H,3H2,1-2H3,(H,14,16). The van der Waals surface area contributed by atoms with E-state index in [1.165, 1.54) is 6.07 Å². The Morgan fingerprint density at radius 2 is 2.06 bits per heavy atom. The number of amides is 1. The molecule has 1 heterocycles. The van der Waals surface area contributed by atoms with E-state index < -0.39 is 18.1 Å². The van der Waals surface area contributed by atoms with Gasteiger partial charge >= 0.3 is 18.1 Å². The molecule has 1 amide bonds. The maximum absolute atomic E-state index is 12.0. The van der Waals surface area contributed by atoms with Crippen molar-refractivity contribution in [3.05, 3.63) is 16.5 Å². The molecule has 4 nitrogen and oxygen atoms in total. The molecular formula is C10H10F3NO3S. The lowest BCUT2D eigenvalue weighted by Gasteiger charge is -2.04. The van der Waals surface area contributed by atoms with Crippen LogP contribution in [0.5, 0.6) is 0 Å². The van der Waals surface area contributed by atoms with Crippen molar-refractivity contribution in [1.29, 1.82) is 0 Å². The van der Waals surface area contributed by atoms with E-state index in [9.17, 15) is 22.8 Å². The Labute approximate surface area is 105 Å². The molecule has 0 bridgehead atoms. The van der Waals surface area contributed by atoms with Gasteiger partial charge < -0.3 is 10.1 Å². The Bertz CT molecular complexity index is 467. The summed E-state index contributed by atoms with van der Waals surface area (Å²) in [4.78, 5) is 22.3. The molecule has 0 fully saturated rings. The molecule has 0 atom stereocenters. The SMILES string of the molecule is CCOC(=O)c1sc(NC(=O)C(F)(F)F)cc1C. The Morgan fingerprint density at radius 1 is 1.44 bits per heavy atom. The second kappa shape index (κ2) is 5.38. The number of aryl methyl sites for hydroxylation is 1. The zero-order chi connectivity index (χ0) is 13.9. The first-order chi connectivity index (χ1) is 8.25. The monoisotopic (exact) mass is 281 g/mol. The highest BCUT2D eigenvalue weighted by Gasteiger charge is 2.39. The van der Waals surface area contributed by atoms with Gasteiger partial charge in [0.15, 0.2) is 0 Å². The van der Waals surface area contributed by atoms with Crippen LogP contribution in [0.25, 0.3) is 0 Å². The third-order valence-corrected chi connectivity index (χ3v) is 3.01. The van der Waals surface area contributed by atoms with Crippen molar-refractivity contribution < 1.29 is 27.5 Å². The summed E-state index contributed by atoms with van der Waals surface area (Å²) in [6.45, 7) is 3.33. The Kier molecular flexibility index (Phi) is 4.33. The van der Waals surface area contributed by atoms with Gasteiger partial charge in [-0.15, -0.1) is 11.3 Å². The Balaban J connectivity index is 2.85. The van der Waals surface area contributed by atoms with Crippen molar-refractivity contribution in [2.45, 2.75) is 20.0 Å². The summed E-state index contributed by atoms with van der Waals surface area (Å²) in [6.07, 6.45) is -4.96. The number of alkyl halides is 3. The van der Waals surface area contributed by atoms with E-state index in [2.05, 4.69) is 0 Å². The number of nitrogens with one attached hydrogen (secondary N) is 1. The first-order valence-electron chi connectivity index (χ1n) is 4.91. The number of ether oxygens (including phenoxy) is 1. The van der Waals surface area contributed by atoms with Crippen LogP contribution in [0.1, 0.15) is 22.2 Å². The molecule has 0 saturated carbocycles. The molecule has 18 heavy (non-hydrogen) atoms. The molecule has 0 spiro atoms. The number of rotatable bonds is 3. The fourth-order valence-electron chi connectivity index (χ4n) is 1.13. The van der Waals surface area contributed by atoms with Crippen molar-refractivity contribution >= 4 is 28.2 Å². The third kappa shape index (κ3) is 3.46. The molecule has 0 unspecified atom stereocenters. The molecule has 1 rings (SSSR count). The van der Waals surface area contributed by atoms with E-state index >= 15 is 0 Å². The number of halogens is 3. The average molecular weight is 281 g/mol. The van der Waals surface area contributed by atoms with Crippen LogP contribution in [0.4, 0.5) is 18.2 Å². The van der Waals surface area contributed by atoms with Crippen LogP contribution in [-0.2, 0) is 9.53 Å². The molecule has 1 aromatic rings. The molecular weight excluding hydrogens is 271 g/mol. The summed E-state index contributed by atoms with van der Waals surface area (Å²) < 4.78 is 40.8. The molecule has 1 N–H and O–H groups in total. The van der Waals surface area contributed by atoms with Gasteiger partial charge in [-0.3, -0.25) is 4.79 Å². The molecule has 0 aliphatic heterocycles. The van der Waals surface area contributed by atoms with Gasteiger partial charge in [0, 0.05) is 0 Å². The molecule has 8 heteroatoms. The summed E-state index contributed by atoms with van der Waals surface area (Å²) in [5.41, 5.74) is 0.455. The van der Waals surface area contributed by atoms with Gasteiger partial charge in [-0.1, -0.05) is 0 Å². The minimum atomic E-state index is -4.96. The van der Waals surface area contributed by atoms with Crippen molar-refractivity contribution in [2.75, 3.05) is 11.9 Å². The molecule has 100 valence electrons. The first kappa shape index (κ1) is 14.5. The van der Waals surface area contributed by atoms with Crippen LogP contribution in [0, 0.1) is 6.92 Å². The summed E-state index contributed by atoms with van der Waals surface area (Å²) in [7, 11) is 0. The molecule has 0 aliphatic carbocycles. The summed E-state index contributed by atoms with van der Waals surface area (Å²) >= 11 is 0.746. The molecule has 0 aromatic carbocycles. The zero-order valence-corrected chi connectivity index (χ0v) is 10.4. The number of anilines is 1. The van der Waals surface area contributed by atoms with Crippen molar-refractivity contribution in [3.8, 4) is 0 Å². The van der Waals surface area contributed by atoms with Crippen LogP contribution in [-0.4, -0.2) is 24.7 Å². The smallest absolute Gasteiger partial charge is 0.462 e. The molecule has 0 radical (unpaired) electrons. The Morgan fingerprint density at radius 3 is 2.56 bits per heavy atom. The zero-order valence-electron chi connectivity index (χ0n) is 9.55. The largest absolute Gasteiger partial charge is 0.471 e. The normalized spacial score (nSPS) is 11.2. The molecule has 0 saturated heterocycles. The van der Waals surface area contributed by atoms with Crippen LogP contribution in [0.2, 0.25) is 0 Å². The predicted octanol–water partition coefficient (Wildman–Crippen LogP) is 2.73. The van der Waals surface area contributed by atoms with Crippen LogP contribution >= 0.6 is 11.3 Å². The van der Waals surface area contributed by atoms with Crippen LogP contribution in [0.15, 0.2) is 6.07 Å². The van der Waals surface area contributed by atoms with E-state index in [-0.39, 0.29) is 16.5 Å². The number of thiophene rings is 1. The summed E-state index contributed by atoms with van der Waals surface area (Å²) in [6, 6.07) is 1.29. The van der Waals surface area contributed by atoms with Gasteiger partial charge in [0.05, 0.1) is 11.6 Å². The van der Waals surface area contributed by atoms with Crippen molar-refractivity contribution in [2.24, 2.45) is 0 Å². The fourth-order valence-corrected chi connectivity index (χ4v) is 2.09. The lowest BCUT2D eigenvalue weighted by Crippen LogP contribution is -2.29. The first-order valence-corrected chi connectivity index (χ1v) is 5.73. The predicted molar refractivity (Wildman–Crippen MR) is 59.7 cm³/mol. The van der Waals surface area contributed by atoms with Crippen molar-refractivity contribution in [3.63, 3.8) is 0 Å². The fraction of sp³-hybridized carbons (Fsp3) is 0.400. The number of hydrogen-bond donors (Lipinski definition) is 1. The quantitative estimate of drug-likeness (QED) is 0.867. The van der Waals surface area contributed by atoms with Crippen LogP contribution in [0.3, 0.4) is 0 Å². The van der Waals surface area contributed by atoms with Gasteiger partial charge in [-0.05, 0) is 25.5 Å². The van der Waals surface area contributed by atoms with Gasteiger partial charge in [-0.2, -0.15) is 13.2 Å². The second-order valence-electron chi connectivity index (χ2n) is 3.30. The van der Waals surface area contributed by atoms with E-state index in [0.717, 1.165) is 11.3 Å². The van der Waals surface area contributed by atoms with Gasteiger partial charge in [-0.25, -0.2) is 4.79 Å². The topological polar surface area (TPSA) is 55.4 Å². The minimum absolute atomic E-state index is 0.0436. The third-order valence-electron chi connectivity index (χ3n) is 1.87. The highest BCUT2D eigenvalue weighted by molar-refractivity contribution is 7.18. The van der Waals surface area contributed by atoms with Crippen LogP contribution < -0.4 is 5.32 Å².